The van der Waals surface area contributed by atoms with Crippen LogP contribution in [0.2, 0.25) is 0 Å². The Balaban J connectivity index is 1.43. The van der Waals surface area contributed by atoms with E-state index in [2.05, 4.69) is 36.7 Å². The Morgan fingerprint density at radius 1 is 1.14 bits per heavy atom. The fraction of sp³-hybridized carbons (Fsp3) is 0.278. The largest absolute Gasteiger partial charge is 0.354 e. The second-order valence-electron chi connectivity index (χ2n) is 6.41. The Labute approximate surface area is 175 Å². The second-order valence-corrected chi connectivity index (χ2v) is 7.32. The molecule has 1 fully saturated rings. The Kier molecular flexibility index (Phi) is 6.73. The molecule has 0 spiro atoms. The van der Waals surface area contributed by atoms with E-state index in [0.29, 0.717) is 13.1 Å². The fourth-order valence-electron chi connectivity index (χ4n) is 2.89. The lowest BCUT2D eigenvalue weighted by Crippen LogP contribution is -2.52. The van der Waals surface area contributed by atoms with Crippen molar-refractivity contribution in [3.05, 3.63) is 62.7 Å². The Morgan fingerprint density at radius 3 is 2.55 bits per heavy atom. The maximum Gasteiger partial charge on any atom is 0.270 e. The predicted octanol–water partition coefficient (Wildman–Crippen LogP) is 1.34. The van der Waals surface area contributed by atoms with E-state index in [1.165, 1.54) is 18.2 Å². The van der Waals surface area contributed by atoms with Crippen molar-refractivity contribution in [2.45, 2.75) is 0 Å². The number of pyridine rings is 1. The Hall–Kier alpha value is -3.05. The SMILES string of the molecule is O=C(CN1CCN(c2ccc(Br)cn2)CC1)NNC(=O)c1cccc([N+](=O)[O-])c1. The third-order valence-corrected chi connectivity index (χ3v) is 4.88. The van der Waals surface area contributed by atoms with Crippen LogP contribution in [-0.2, 0) is 4.79 Å². The van der Waals surface area contributed by atoms with Crippen LogP contribution in [0.4, 0.5) is 11.5 Å². The van der Waals surface area contributed by atoms with E-state index in [9.17, 15) is 19.7 Å². The molecule has 1 aliphatic heterocycles. The van der Waals surface area contributed by atoms with Crippen molar-refractivity contribution in [2.75, 3.05) is 37.6 Å². The molecule has 1 saturated heterocycles. The van der Waals surface area contributed by atoms with Crippen LogP contribution in [-0.4, -0.2) is 59.3 Å². The molecule has 0 unspecified atom stereocenters. The van der Waals surface area contributed by atoms with E-state index in [1.807, 2.05) is 17.0 Å². The Morgan fingerprint density at radius 2 is 1.90 bits per heavy atom. The first kappa shape index (κ1) is 20.7. The molecule has 2 N–H and O–H groups in total. The summed E-state index contributed by atoms with van der Waals surface area (Å²) in [6.45, 7) is 2.98. The summed E-state index contributed by atoms with van der Waals surface area (Å²) < 4.78 is 0.920. The highest BCUT2D eigenvalue weighted by molar-refractivity contribution is 9.10. The van der Waals surface area contributed by atoms with Gasteiger partial charge in [-0.15, -0.1) is 0 Å². The number of hydrogen-bond acceptors (Lipinski definition) is 7. The number of nitro groups is 1. The molecule has 152 valence electrons. The number of benzene rings is 1. The molecular weight excluding hydrogens is 444 g/mol. The zero-order chi connectivity index (χ0) is 20.8. The molecule has 2 heterocycles. The number of anilines is 1. The molecule has 1 aliphatic rings. The van der Waals surface area contributed by atoms with Crippen molar-refractivity contribution in [3.63, 3.8) is 0 Å². The molecule has 0 saturated carbocycles. The number of aromatic nitrogens is 1. The minimum atomic E-state index is -0.617. The first-order chi connectivity index (χ1) is 13.9. The quantitative estimate of drug-likeness (QED) is 0.507. The first-order valence-corrected chi connectivity index (χ1v) is 9.64. The number of nitrogens with one attached hydrogen (secondary N) is 2. The summed E-state index contributed by atoms with van der Waals surface area (Å²) in [6.07, 6.45) is 1.75. The molecule has 29 heavy (non-hydrogen) atoms. The number of rotatable bonds is 5. The van der Waals surface area contributed by atoms with Gasteiger partial charge in [-0.3, -0.25) is 35.5 Å². The highest BCUT2D eigenvalue weighted by Crippen LogP contribution is 2.16. The lowest BCUT2D eigenvalue weighted by Gasteiger charge is -2.34. The van der Waals surface area contributed by atoms with E-state index < -0.39 is 10.8 Å². The van der Waals surface area contributed by atoms with Gasteiger partial charge < -0.3 is 4.90 Å². The standard InChI is InChI=1S/C18H19BrN6O4/c19-14-4-5-16(20-11-14)24-8-6-23(7-9-24)12-17(26)21-22-18(27)13-2-1-3-15(10-13)25(28)29/h1-5,10-11H,6-9,12H2,(H,21,26)(H,22,27). The van der Waals surface area contributed by atoms with Crippen LogP contribution in [0.5, 0.6) is 0 Å². The fourth-order valence-corrected chi connectivity index (χ4v) is 3.13. The van der Waals surface area contributed by atoms with E-state index in [-0.39, 0.29) is 23.7 Å². The van der Waals surface area contributed by atoms with Crippen molar-refractivity contribution in [2.24, 2.45) is 0 Å². The molecule has 2 amide bonds. The predicted molar refractivity (Wildman–Crippen MR) is 109 cm³/mol. The average Bonchev–Trinajstić information content (AvgIpc) is 2.73. The van der Waals surface area contributed by atoms with Crippen LogP contribution in [0, 0.1) is 10.1 Å². The number of non-ortho nitro benzene ring substituents is 1. The van der Waals surface area contributed by atoms with E-state index in [0.717, 1.165) is 29.4 Å². The van der Waals surface area contributed by atoms with Gasteiger partial charge in [0.2, 0.25) is 0 Å². The third-order valence-electron chi connectivity index (χ3n) is 4.41. The second kappa shape index (κ2) is 9.43. The summed E-state index contributed by atoms with van der Waals surface area (Å²) in [7, 11) is 0. The minimum Gasteiger partial charge on any atom is -0.354 e. The van der Waals surface area contributed by atoms with E-state index in [4.69, 9.17) is 0 Å². The molecule has 0 bridgehead atoms. The van der Waals surface area contributed by atoms with Crippen LogP contribution in [0.25, 0.3) is 0 Å². The number of carbonyl (C=O) groups is 2. The maximum absolute atomic E-state index is 12.1. The average molecular weight is 463 g/mol. The van der Waals surface area contributed by atoms with Gasteiger partial charge in [-0.2, -0.15) is 0 Å². The molecule has 1 aromatic carbocycles. The number of amides is 2. The molecule has 0 aliphatic carbocycles. The number of nitro benzene ring substituents is 1. The summed E-state index contributed by atoms with van der Waals surface area (Å²) in [4.78, 5) is 42.9. The zero-order valence-electron chi connectivity index (χ0n) is 15.4. The van der Waals surface area contributed by atoms with Crippen molar-refractivity contribution >= 4 is 39.2 Å². The van der Waals surface area contributed by atoms with Crippen molar-refractivity contribution in [1.82, 2.24) is 20.7 Å². The summed E-state index contributed by atoms with van der Waals surface area (Å²) >= 11 is 3.36. The maximum atomic E-state index is 12.1. The summed E-state index contributed by atoms with van der Waals surface area (Å²) in [5, 5.41) is 10.8. The summed E-state index contributed by atoms with van der Waals surface area (Å²) in [5.41, 5.74) is 4.53. The smallest absolute Gasteiger partial charge is 0.270 e. The number of hydrazine groups is 1. The van der Waals surface area contributed by atoms with Crippen LogP contribution < -0.4 is 15.8 Å². The van der Waals surface area contributed by atoms with E-state index in [1.54, 1.807) is 6.20 Å². The van der Waals surface area contributed by atoms with Gasteiger partial charge in [0.15, 0.2) is 0 Å². The van der Waals surface area contributed by atoms with Gasteiger partial charge in [0.25, 0.3) is 17.5 Å². The number of halogens is 1. The number of nitrogens with zero attached hydrogens (tertiary/aromatic N) is 4. The van der Waals surface area contributed by atoms with Gasteiger partial charge >= 0.3 is 0 Å². The monoisotopic (exact) mass is 462 g/mol. The minimum absolute atomic E-state index is 0.0927. The molecule has 1 aromatic heterocycles. The van der Waals surface area contributed by atoms with Gasteiger partial charge in [-0.1, -0.05) is 6.07 Å². The van der Waals surface area contributed by atoms with Gasteiger partial charge in [0, 0.05) is 54.5 Å². The van der Waals surface area contributed by atoms with Crippen LogP contribution in [0.3, 0.4) is 0 Å². The van der Waals surface area contributed by atoms with E-state index >= 15 is 0 Å². The Bertz CT molecular complexity index is 899. The third kappa shape index (κ3) is 5.72. The number of piperazine rings is 1. The van der Waals surface area contributed by atoms with Gasteiger partial charge in [0.1, 0.15) is 5.82 Å². The lowest BCUT2D eigenvalue weighted by atomic mass is 10.2. The topological polar surface area (TPSA) is 121 Å². The van der Waals surface area contributed by atoms with Crippen LogP contribution in [0.1, 0.15) is 10.4 Å². The van der Waals surface area contributed by atoms with Crippen molar-refractivity contribution in [1.29, 1.82) is 0 Å². The molecule has 3 rings (SSSR count). The highest BCUT2D eigenvalue weighted by atomic mass is 79.9. The number of carbonyl (C=O) groups excluding carboxylic acids is 2. The number of hydrogen-bond donors (Lipinski definition) is 2. The molecule has 11 heteroatoms. The first-order valence-electron chi connectivity index (χ1n) is 8.85. The van der Waals surface area contributed by atoms with Crippen molar-refractivity contribution in [3.8, 4) is 0 Å². The summed E-state index contributed by atoms with van der Waals surface area (Å²) in [5.74, 6) is -0.0892. The van der Waals surface area contributed by atoms with Gasteiger partial charge in [-0.25, -0.2) is 4.98 Å². The normalized spacial score (nSPS) is 14.3. The highest BCUT2D eigenvalue weighted by Gasteiger charge is 2.20. The molecule has 0 atom stereocenters. The molecule has 10 nitrogen and oxygen atoms in total. The van der Waals surface area contributed by atoms with Gasteiger partial charge in [0.05, 0.1) is 11.5 Å². The lowest BCUT2D eigenvalue weighted by molar-refractivity contribution is -0.384. The molecule has 2 aromatic rings. The zero-order valence-corrected chi connectivity index (χ0v) is 17.0. The van der Waals surface area contributed by atoms with Crippen LogP contribution >= 0.6 is 15.9 Å². The summed E-state index contributed by atoms with van der Waals surface area (Å²) in [6, 6.07) is 9.16. The van der Waals surface area contributed by atoms with Crippen molar-refractivity contribution < 1.29 is 14.5 Å². The molecular formula is C18H19BrN6O4. The van der Waals surface area contributed by atoms with Crippen LogP contribution in [0.15, 0.2) is 47.1 Å². The van der Waals surface area contributed by atoms with Gasteiger partial charge in [-0.05, 0) is 34.1 Å². The molecule has 0 radical (unpaired) electrons.